The first kappa shape index (κ1) is 18.0. The average molecular weight is 327 g/mol. The molecule has 23 heavy (non-hydrogen) atoms. The number of piperidine rings is 1. The third-order valence-corrected chi connectivity index (χ3v) is 4.75. The van der Waals surface area contributed by atoms with Gasteiger partial charge in [0, 0.05) is 18.9 Å². The molecule has 132 valence electrons. The van der Waals surface area contributed by atoms with Crippen LogP contribution in [0.5, 0.6) is 0 Å². The van der Waals surface area contributed by atoms with Gasteiger partial charge in [-0.1, -0.05) is 0 Å². The molecule has 0 radical (unpaired) electrons. The minimum atomic E-state index is -0.589. The van der Waals surface area contributed by atoms with E-state index in [1.165, 1.54) is 6.92 Å². The molecule has 1 amide bonds. The highest BCUT2D eigenvalue weighted by Gasteiger charge is 2.49. The van der Waals surface area contributed by atoms with Crippen molar-refractivity contribution in [2.24, 2.45) is 5.92 Å². The zero-order valence-electron chi connectivity index (χ0n) is 14.7. The van der Waals surface area contributed by atoms with Crippen LogP contribution in [0, 0.1) is 5.92 Å². The Morgan fingerprint density at radius 1 is 1.22 bits per heavy atom. The zero-order valence-corrected chi connectivity index (χ0v) is 14.7. The molecule has 0 aromatic rings. The van der Waals surface area contributed by atoms with Crippen molar-refractivity contribution < 1.29 is 24.2 Å². The highest BCUT2D eigenvalue weighted by Crippen LogP contribution is 2.39. The molecule has 2 fully saturated rings. The smallest absolute Gasteiger partial charge is 0.410 e. The van der Waals surface area contributed by atoms with E-state index in [2.05, 4.69) is 0 Å². The van der Waals surface area contributed by atoms with E-state index >= 15 is 0 Å². The Bertz CT molecular complexity index is 458. The van der Waals surface area contributed by atoms with Crippen molar-refractivity contribution in [3.05, 3.63) is 0 Å². The molecule has 2 aliphatic rings. The van der Waals surface area contributed by atoms with Crippen molar-refractivity contribution >= 4 is 12.1 Å². The van der Waals surface area contributed by atoms with E-state index in [0.717, 1.165) is 19.3 Å². The number of esters is 1. The summed E-state index contributed by atoms with van der Waals surface area (Å²) < 4.78 is 11.0. The minimum Gasteiger partial charge on any atom is -0.460 e. The van der Waals surface area contributed by atoms with Gasteiger partial charge in [0.25, 0.3) is 0 Å². The summed E-state index contributed by atoms with van der Waals surface area (Å²) in [5.74, 6) is -0.438. The second kappa shape index (κ2) is 6.67. The fourth-order valence-electron chi connectivity index (χ4n) is 3.80. The Hall–Kier alpha value is -1.30. The van der Waals surface area contributed by atoms with Crippen molar-refractivity contribution in [3.8, 4) is 0 Å². The minimum absolute atomic E-state index is 0.0598. The van der Waals surface area contributed by atoms with Crippen molar-refractivity contribution in [2.75, 3.05) is 0 Å². The average Bonchev–Trinajstić information content (AvgIpc) is 2.38. The lowest BCUT2D eigenvalue weighted by atomic mass is 9.74. The molecule has 1 aliphatic heterocycles. The molecule has 0 spiro atoms. The second-order valence-electron chi connectivity index (χ2n) is 7.74. The summed E-state index contributed by atoms with van der Waals surface area (Å²) in [5, 5.41) is 10.4. The first-order valence-corrected chi connectivity index (χ1v) is 8.46. The number of hydrogen-bond donors (Lipinski definition) is 1. The standard InChI is InChI=1S/C17H29NO5/c1-10-15(22-11(2)19)9-12-13(7-6-8-14(12)20)18(10)16(21)23-17(3,4)5/h10,12-15,20H,6-9H2,1-5H3/t10-,12+,13+,14?,15+/m0/s1. The summed E-state index contributed by atoms with van der Waals surface area (Å²) in [6.07, 6.45) is 1.77. The molecule has 0 aromatic carbocycles. The summed E-state index contributed by atoms with van der Waals surface area (Å²) in [4.78, 5) is 25.8. The van der Waals surface area contributed by atoms with Crippen molar-refractivity contribution in [2.45, 2.75) is 90.2 Å². The van der Waals surface area contributed by atoms with Crippen LogP contribution in [0.3, 0.4) is 0 Å². The van der Waals surface area contributed by atoms with Gasteiger partial charge in [0.1, 0.15) is 11.7 Å². The number of carbonyl (C=O) groups excluding carboxylic acids is 2. The molecule has 1 saturated heterocycles. The SMILES string of the molecule is CC(=O)O[C@@H]1C[C@H]2C(O)CCC[C@H]2N(C(=O)OC(C)(C)C)[C@H]1C. The van der Waals surface area contributed by atoms with Gasteiger partial charge in [-0.15, -0.1) is 0 Å². The lowest BCUT2D eigenvalue weighted by molar-refractivity contribution is -0.161. The summed E-state index contributed by atoms with van der Waals surface area (Å²) in [6.45, 7) is 8.74. The Balaban J connectivity index is 2.26. The first-order valence-electron chi connectivity index (χ1n) is 8.46. The zero-order chi connectivity index (χ0) is 17.4. The molecule has 1 unspecified atom stereocenters. The third kappa shape index (κ3) is 4.16. The molecule has 0 aromatic heterocycles. The molecule has 6 nitrogen and oxygen atoms in total. The molecule has 1 aliphatic carbocycles. The molecule has 1 N–H and O–H groups in total. The van der Waals surface area contributed by atoms with Crippen LogP contribution in [-0.4, -0.2) is 52.0 Å². The maximum Gasteiger partial charge on any atom is 0.410 e. The Morgan fingerprint density at radius 3 is 2.43 bits per heavy atom. The normalized spacial score (nSPS) is 34.5. The fraction of sp³-hybridized carbons (Fsp3) is 0.882. The van der Waals surface area contributed by atoms with Gasteiger partial charge in [0.15, 0.2) is 0 Å². The van der Waals surface area contributed by atoms with Crippen LogP contribution in [-0.2, 0) is 14.3 Å². The quantitative estimate of drug-likeness (QED) is 0.749. The number of amides is 1. The van der Waals surface area contributed by atoms with Crippen LogP contribution in [0.2, 0.25) is 0 Å². The lowest BCUT2D eigenvalue weighted by Crippen LogP contribution is -2.62. The number of ether oxygens (including phenoxy) is 2. The molecular weight excluding hydrogens is 298 g/mol. The van der Waals surface area contributed by atoms with Crippen LogP contribution < -0.4 is 0 Å². The molecular formula is C17H29NO5. The van der Waals surface area contributed by atoms with Crippen LogP contribution in [0.1, 0.15) is 60.3 Å². The molecule has 2 rings (SSSR count). The van der Waals surface area contributed by atoms with Gasteiger partial charge in [-0.3, -0.25) is 9.69 Å². The van der Waals surface area contributed by atoms with Crippen molar-refractivity contribution in [1.29, 1.82) is 0 Å². The number of carbonyl (C=O) groups is 2. The van der Waals surface area contributed by atoms with Gasteiger partial charge in [0.05, 0.1) is 12.1 Å². The van der Waals surface area contributed by atoms with Crippen LogP contribution in [0.15, 0.2) is 0 Å². The van der Waals surface area contributed by atoms with Gasteiger partial charge >= 0.3 is 12.1 Å². The Morgan fingerprint density at radius 2 is 1.87 bits per heavy atom. The predicted octanol–water partition coefficient (Wildman–Crippen LogP) is 2.48. The van der Waals surface area contributed by atoms with Gasteiger partial charge in [-0.25, -0.2) is 4.79 Å². The number of hydrogen-bond acceptors (Lipinski definition) is 5. The van der Waals surface area contributed by atoms with Gasteiger partial charge in [-0.2, -0.15) is 0 Å². The topological polar surface area (TPSA) is 76.1 Å². The molecule has 1 heterocycles. The summed E-state index contributed by atoms with van der Waals surface area (Å²) in [5.41, 5.74) is -0.589. The Labute approximate surface area is 138 Å². The number of rotatable bonds is 1. The van der Waals surface area contributed by atoms with Crippen molar-refractivity contribution in [1.82, 2.24) is 4.90 Å². The molecule has 5 atom stereocenters. The van der Waals surface area contributed by atoms with Gasteiger partial charge in [0.2, 0.25) is 0 Å². The largest absolute Gasteiger partial charge is 0.460 e. The monoisotopic (exact) mass is 327 g/mol. The van der Waals surface area contributed by atoms with E-state index in [9.17, 15) is 14.7 Å². The predicted molar refractivity (Wildman–Crippen MR) is 84.8 cm³/mol. The van der Waals surface area contributed by atoms with E-state index in [1.807, 2.05) is 27.7 Å². The van der Waals surface area contributed by atoms with E-state index in [-0.39, 0.29) is 24.0 Å². The van der Waals surface area contributed by atoms with Crippen LogP contribution in [0.25, 0.3) is 0 Å². The highest BCUT2D eigenvalue weighted by atomic mass is 16.6. The highest BCUT2D eigenvalue weighted by molar-refractivity contribution is 5.70. The van der Waals surface area contributed by atoms with Crippen LogP contribution >= 0.6 is 0 Å². The number of fused-ring (bicyclic) bond motifs is 1. The molecule has 1 saturated carbocycles. The second-order valence-corrected chi connectivity index (χ2v) is 7.74. The maximum atomic E-state index is 12.7. The maximum absolute atomic E-state index is 12.7. The third-order valence-electron chi connectivity index (χ3n) is 4.75. The summed E-state index contributed by atoms with van der Waals surface area (Å²) in [7, 11) is 0. The van der Waals surface area contributed by atoms with Crippen molar-refractivity contribution in [3.63, 3.8) is 0 Å². The Kier molecular flexibility index (Phi) is 5.23. The van der Waals surface area contributed by atoms with E-state index in [1.54, 1.807) is 4.90 Å². The number of aliphatic hydroxyl groups is 1. The van der Waals surface area contributed by atoms with E-state index in [0.29, 0.717) is 6.42 Å². The van der Waals surface area contributed by atoms with Crippen LogP contribution in [0.4, 0.5) is 4.79 Å². The van der Waals surface area contributed by atoms with E-state index in [4.69, 9.17) is 9.47 Å². The van der Waals surface area contributed by atoms with Gasteiger partial charge in [-0.05, 0) is 53.4 Å². The molecule has 6 heteroatoms. The molecule has 0 bridgehead atoms. The number of likely N-dealkylation sites (tertiary alicyclic amines) is 1. The summed E-state index contributed by atoms with van der Waals surface area (Å²) >= 11 is 0. The number of aliphatic hydroxyl groups excluding tert-OH is 1. The first-order chi connectivity index (χ1) is 10.6. The van der Waals surface area contributed by atoms with E-state index < -0.39 is 23.9 Å². The fourth-order valence-corrected chi connectivity index (χ4v) is 3.80. The summed E-state index contributed by atoms with van der Waals surface area (Å²) in [6, 6.07) is -0.323. The lowest BCUT2D eigenvalue weighted by Gasteiger charge is -2.51. The number of nitrogens with zero attached hydrogens (tertiary/aromatic N) is 1. The van der Waals surface area contributed by atoms with Gasteiger partial charge < -0.3 is 14.6 Å².